The zero-order valence-electron chi connectivity index (χ0n) is 12.8. The van der Waals surface area contributed by atoms with Crippen molar-refractivity contribution in [2.45, 2.75) is 45.2 Å². The third-order valence-corrected chi connectivity index (χ3v) is 5.33. The maximum absolute atomic E-state index is 5.62. The van der Waals surface area contributed by atoms with Crippen molar-refractivity contribution in [2.24, 2.45) is 17.8 Å². The maximum atomic E-state index is 5.62. The summed E-state index contributed by atoms with van der Waals surface area (Å²) in [6.45, 7) is 3.53. The number of terminal acetylenes is 1. The van der Waals surface area contributed by atoms with E-state index < -0.39 is 0 Å². The Balaban J connectivity index is 1.56. The molecule has 2 aliphatic carbocycles. The largest absolute Gasteiger partial charge is 0.481 e. The molecule has 4 unspecified atom stereocenters. The molecule has 2 saturated carbocycles. The first kappa shape index (κ1) is 14.5. The van der Waals surface area contributed by atoms with Crippen LogP contribution in [0, 0.1) is 30.1 Å². The van der Waals surface area contributed by atoms with Gasteiger partial charge in [-0.25, -0.2) is 0 Å². The molecular weight excluding hydrogens is 258 g/mol. The number of para-hydroxylation sites is 1. The van der Waals surface area contributed by atoms with Gasteiger partial charge in [0.2, 0.25) is 0 Å². The molecule has 0 heterocycles. The first-order chi connectivity index (χ1) is 10.3. The molecule has 2 aliphatic rings. The van der Waals surface area contributed by atoms with Crippen LogP contribution in [-0.2, 0) is 6.54 Å². The summed E-state index contributed by atoms with van der Waals surface area (Å²) in [5.41, 5.74) is 1.20. The van der Waals surface area contributed by atoms with Crippen LogP contribution in [0.4, 0.5) is 0 Å². The number of hydrogen-bond acceptors (Lipinski definition) is 2. The Bertz CT molecular complexity index is 519. The highest BCUT2D eigenvalue weighted by molar-refractivity contribution is 5.33. The second-order valence-electron chi connectivity index (χ2n) is 6.61. The lowest BCUT2D eigenvalue weighted by Gasteiger charge is -2.29. The molecule has 0 saturated heterocycles. The standard InChI is InChI=1S/C19H25NO/c1-3-10-21-19-7-5-4-6-17(19)13-20-14(2)18-12-15-8-9-16(18)11-15/h1,4-7,14-16,18,20H,8-13H2,2H3. The summed E-state index contributed by atoms with van der Waals surface area (Å²) >= 11 is 0. The summed E-state index contributed by atoms with van der Waals surface area (Å²) in [6.07, 6.45) is 11.1. The molecule has 2 bridgehead atoms. The topological polar surface area (TPSA) is 21.3 Å². The number of fused-ring (bicyclic) bond motifs is 2. The molecule has 0 aliphatic heterocycles. The average molecular weight is 283 g/mol. The van der Waals surface area contributed by atoms with Crippen LogP contribution in [0.2, 0.25) is 0 Å². The molecule has 3 rings (SSSR count). The number of nitrogens with one attached hydrogen (secondary N) is 1. The van der Waals surface area contributed by atoms with Gasteiger partial charge in [0.1, 0.15) is 12.4 Å². The van der Waals surface area contributed by atoms with E-state index in [2.05, 4.69) is 30.3 Å². The van der Waals surface area contributed by atoms with Gasteiger partial charge in [0.05, 0.1) is 0 Å². The predicted molar refractivity (Wildman–Crippen MR) is 86.0 cm³/mol. The van der Waals surface area contributed by atoms with Crippen LogP contribution in [-0.4, -0.2) is 12.6 Å². The molecule has 1 aromatic rings. The number of rotatable bonds is 6. The Morgan fingerprint density at radius 2 is 2.19 bits per heavy atom. The van der Waals surface area contributed by atoms with Gasteiger partial charge >= 0.3 is 0 Å². The lowest BCUT2D eigenvalue weighted by Crippen LogP contribution is -2.35. The van der Waals surface area contributed by atoms with Crippen molar-refractivity contribution in [1.82, 2.24) is 5.32 Å². The van der Waals surface area contributed by atoms with Crippen molar-refractivity contribution in [3.63, 3.8) is 0 Å². The fourth-order valence-electron chi connectivity index (χ4n) is 4.24. The van der Waals surface area contributed by atoms with Gasteiger partial charge in [0, 0.05) is 18.2 Å². The van der Waals surface area contributed by atoms with Gasteiger partial charge in [-0.1, -0.05) is 30.5 Å². The van der Waals surface area contributed by atoms with Crippen molar-refractivity contribution < 1.29 is 4.74 Å². The van der Waals surface area contributed by atoms with Gasteiger partial charge in [0.25, 0.3) is 0 Å². The van der Waals surface area contributed by atoms with Gasteiger partial charge < -0.3 is 10.1 Å². The first-order valence-corrected chi connectivity index (χ1v) is 8.15. The molecule has 4 atom stereocenters. The molecule has 1 aromatic carbocycles. The normalized spacial score (nSPS) is 28.3. The summed E-state index contributed by atoms with van der Waals surface area (Å²) in [4.78, 5) is 0. The smallest absolute Gasteiger partial charge is 0.148 e. The minimum Gasteiger partial charge on any atom is -0.481 e. The van der Waals surface area contributed by atoms with Gasteiger partial charge in [-0.3, -0.25) is 0 Å². The molecule has 0 radical (unpaired) electrons. The zero-order valence-corrected chi connectivity index (χ0v) is 12.8. The van der Waals surface area contributed by atoms with E-state index in [0.717, 1.165) is 30.0 Å². The highest BCUT2D eigenvalue weighted by Crippen LogP contribution is 2.49. The number of hydrogen-bond donors (Lipinski definition) is 1. The zero-order chi connectivity index (χ0) is 14.7. The molecular formula is C19H25NO. The third kappa shape index (κ3) is 3.24. The number of ether oxygens (including phenoxy) is 1. The molecule has 0 aromatic heterocycles. The average Bonchev–Trinajstić information content (AvgIpc) is 3.14. The van der Waals surface area contributed by atoms with Crippen LogP contribution in [0.15, 0.2) is 24.3 Å². The van der Waals surface area contributed by atoms with Crippen molar-refractivity contribution in [3.8, 4) is 18.1 Å². The third-order valence-electron chi connectivity index (χ3n) is 5.33. The molecule has 2 heteroatoms. The van der Waals surface area contributed by atoms with Crippen LogP contribution in [0.5, 0.6) is 5.75 Å². The highest BCUT2D eigenvalue weighted by atomic mass is 16.5. The van der Waals surface area contributed by atoms with Crippen molar-refractivity contribution >= 4 is 0 Å². The highest BCUT2D eigenvalue weighted by Gasteiger charge is 2.41. The van der Waals surface area contributed by atoms with Crippen LogP contribution in [0.3, 0.4) is 0 Å². The Morgan fingerprint density at radius 1 is 1.33 bits per heavy atom. The maximum Gasteiger partial charge on any atom is 0.148 e. The van der Waals surface area contributed by atoms with Gasteiger partial charge in [-0.2, -0.15) is 0 Å². The van der Waals surface area contributed by atoms with Crippen LogP contribution in [0.25, 0.3) is 0 Å². The van der Waals surface area contributed by atoms with Gasteiger partial charge in [-0.05, 0) is 50.0 Å². The van der Waals surface area contributed by atoms with E-state index in [9.17, 15) is 0 Å². The molecule has 112 valence electrons. The quantitative estimate of drug-likeness (QED) is 0.805. The summed E-state index contributed by atoms with van der Waals surface area (Å²) < 4.78 is 5.62. The van der Waals surface area contributed by atoms with E-state index in [-0.39, 0.29) is 0 Å². The van der Waals surface area contributed by atoms with E-state index in [1.54, 1.807) is 0 Å². The number of benzene rings is 1. The first-order valence-electron chi connectivity index (χ1n) is 8.15. The summed E-state index contributed by atoms with van der Waals surface area (Å²) in [5, 5.41) is 3.71. The SMILES string of the molecule is C#CCOc1ccccc1CNC(C)C1CC2CCC1C2. The Hall–Kier alpha value is -1.46. The molecule has 0 spiro atoms. The van der Waals surface area contributed by atoms with Crippen LogP contribution < -0.4 is 10.1 Å². The minimum absolute atomic E-state index is 0.332. The molecule has 1 N–H and O–H groups in total. The Morgan fingerprint density at radius 3 is 2.90 bits per heavy atom. The molecule has 2 fully saturated rings. The lowest BCUT2D eigenvalue weighted by atomic mass is 9.84. The Kier molecular flexibility index (Phi) is 4.51. The van der Waals surface area contributed by atoms with E-state index in [1.165, 1.54) is 31.2 Å². The van der Waals surface area contributed by atoms with E-state index in [0.29, 0.717) is 12.6 Å². The van der Waals surface area contributed by atoms with Crippen molar-refractivity contribution in [3.05, 3.63) is 29.8 Å². The molecule has 21 heavy (non-hydrogen) atoms. The minimum atomic E-state index is 0.332. The fraction of sp³-hybridized carbons (Fsp3) is 0.579. The summed E-state index contributed by atoms with van der Waals surface area (Å²) in [7, 11) is 0. The molecule has 0 amide bonds. The van der Waals surface area contributed by atoms with Crippen LogP contribution in [0.1, 0.15) is 38.2 Å². The van der Waals surface area contributed by atoms with Crippen molar-refractivity contribution in [2.75, 3.05) is 6.61 Å². The second-order valence-corrected chi connectivity index (χ2v) is 6.61. The van der Waals surface area contributed by atoms with E-state index in [1.807, 2.05) is 12.1 Å². The van der Waals surface area contributed by atoms with Crippen LogP contribution >= 0.6 is 0 Å². The second kappa shape index (κ2) is 6.54. The van der Waals surface area contributed by atoms with E-state index in [4.69, 9.17) is 11.2 Å². The monoisotopic (exact) mass is 283 g/mol. The van der Waals surface area contributed by atoms with Crippen molar-refractivity contribution in [1.29, 1.82) is 0 Å². The molecule has 2 nitrogen and oxygen atoms in total. The van der Waals surface area contributed by atoms with Gasteiger partial charge in [0.15, 0.2) is 0 Å². The Labute approximate surface area is 128 Å². The fourth-order valence-corrected chi connectivity index (χ4v) is 4.24. The van der Waals surface area contributed by atoms with Gasteiger partial charge in [-0.15, -0.1) is 6.42 Å². The predicted octanol–water partition coefficient (Wildman–Crippen LogP) is 3.61. The van der Waals surface area contributed by atoms with E-state index >= 15 is 0 Å². The summed E-state index contributed by atoms with van der Waals surface area (Å²) in [5.74, 6) is 6.27. The lowest BCUT2D eigenvalue weighted by molar-refractivity contribution is 0.258. The summed E-state index contributed by atoms with van der Waals surface area (Å²) in [6, 6.07) is 8.75.